The van der Waals surface area contributed by atoms with Crippen LogP contribution in [0.1, 0.15) is 18.2 Å². The van der Waals surface area contributed by atoms with Crippen molar-refractivity contribution in [1.29, 1.82) is 0 Å². The van der Waals surface area contributed by atoms with E-state index in [4.69, 9.17) is 11.6 Å². The molecule has 0 aromatic carbocycles. The van der Waals surface area contributed by atoms with Crippen molar-refractivity contribution < 1.29 is 8.42 Å². The quantitative estimate of drug-likeness (QED) is 0.792. The van der Waals surface area contributed by atoms with Crippen molar-refractivity contribution in [1.82, 2.24) is 9.21 Å². The monoisotopic (exact) mass is 336 g/mol. The molecule has 1 aromatic rings. The zero-order valence-corrected chi connectivity index (χ0v) is 14.3. The standard InChI is InChI=1S/C13H21ClN2O2S2/c1-11-10-15(2)8-3-9-16(11)20(17,18)13-5-4-12(19-13)6-7-14/h4-5,11H,3,6-10H2,1-2H3. The third kappa shape index (κ3) is 3.54. The van der Waals surface area contributed by atoms with E-state index in [1.807, 2.05) is 20.0 Å². The van der Waals surface area contributed by atoms with Crippen molar-refractivity contribution in [2.24, 2.45) is 0 Å². The molecule has 1 aromatic heterocycles. The first-order valence-electron chi connectivity index (χ1n) is 6.80. The van der Waals surface area contributed by atoms with Gasteiger partial charge in [-0.25, -0.2) is 8.42 Å². The van der Waals surface area contributed by atoms with Crippen molar-refractivity contribution in [2.45, 2.75) is 30.0 Å². The summed E-state index contributed by atoms with van der Waals surface area (Å²) in [7, 11) is -1.34. The highest BCUT2D eigenvalue weighted by Crippen LogP contribution is 2.27. The summed E-state index contributed by atoms with van der Waals surface area (Å²) >= 11 is 7.05. The van der Waals surface area contributed by atoms with Crippen molar-refractivity contribution in [3.63, 3.8) is 0 Å². The Hall–Kier alpha value is -0.140. The summed E-state index contributed by atoms with van der Waals surface area (Å²) in [6, 6.07) is 3.59. The van der Waals surface area contributed by atoms with Crippen LogP contribution in [0, 0.1) is 0 Å². The van der Waals surface area contributed by atoms with Gasteiger partial charge in [0.1, 0.15) is 4.21 Å². The molecule has 0 N–H and O–H groups in total. The molecule has 0 saturated carbocycles. The van der Waals surface area contributed by atoms with Crippen LogP contribution < -0.4 is 0 Å². The number of nitrogens with zero attached hydrogens (tertiary/aromatic N) is 2. The molecule has 0 bridgehead atoms. The minimum atomic E-state index is -3.37. The zero-order valence-electron chi connectivity index (χ0n) is 11.9. The highest BCUT2D eigenvalue weighted by Gasteiger charge is 2.32. The predicted molar refractivity (Wildman–Crippen MR) is 84.2 cm³/mol. The predicted octanol–water partition coefficient (Wildman–Crippen LogP) is 2.24. The molecule has 0 spiro atoms. The van der Waals surface area contributed by atoms with Gasteiger partial charge < -0.3 is 4.90 Å². The molecule has 1 aliphatic rings. The maximum Gasteiger partial charge on any atom is 0.252 e. The molecule has 0 amide bonds. The molecule has 1 fully saturated rings. The Morgan fingerprint density at radius 3 is 2.85 bits per heavy atom. The average Bonchev–Trinajstić information content (AvgIpc) is 2.76. The van der Waals surface area contributed by atoms with Gasteiger partial charge in [0.05, 0.1) is 0 Å². The molecule has 1 aliphatic heterocycles. The average molecular weight is 337 g/mol. The highest BCUT2D eigenvalue weighted by molar-refractivity contribution is 7.91. The van der Waals surface area contributed by atoms with Crippen LogP contribution in [0.15, 0.2) is 16.3 Å². The number of rotatable bonds is 4. The van der Waals surface area contributed by atoms with Gasteiger partial charge in [0, 0.05) is 29.9 Å². The number of alkyl halides is 1. The normalized spacial score (nSPS) is 22.9. The molecule has 0 radical (unpaired) electrons. The van der Waals surface area contributed by atoms with Gasteiger partial charge in [0.15, 0.2) is 0 Å². The van der Waals surface area contributed by atoms with Crippen LogP contribution in [0.25, 0.3) is 0 Å². The maximum absolute atomic E-state index is 12.8. The summed E-state index contributed by atoms with van der Waals surface area (Å²) < 4.78 is 27.6. The third-order valence-corrected chi connectivity index (χ3v) is 7.34. The Kier molecular flexibility index (Phi) is 5.48. The van der Waals surface area contributed by atoms with E-state index in [0.29, 0.717) is 16.6 Å². The topological polar surface area (TPSA) is 40.6 Å². The smallest absolute Gasteiger partial charge is 0.252 e. The molecule has 114 valence electrons. The lowest BCUT2D eigenvalue weighted by molar-refractivity contribution is 0.291. The molecule has 2 heterocycles. The summed E-state index contributed by atoms with van der Waals surface area (Å²) in [5.74, 6) is 0.519. The second-order valence-corrected chi connectivity index (χ2v) is 8.90. The molecule has 7 heteroatoms. The number of aryl methyl sites for hydroxylation is 1. The molecule has 20 heavy (non-hydrogen) atoms. The van der Waals surface area contributed by atoms with Crippen molar-refractivity contribution in [3.05, 3.63) is 17.0 Å². The van der Waals surface area contributed by atoms with Gasteiger partial charge in [-0.2, -0.15) is 4.31 Å². The van der Waals surface area contributed by atoms with E-state index < -0.39 is 10.0 Å². The van der Waals surface area contributed by atoms with Crippen LogP contribution in [-0.2, 0) is 16.4 Å². The summed E-state index contributed by atoms with van der Waals surface area (Å²) in [5, 5.41) is 0. The van der Waals surface area contributed by atoms with Gasteiger partial charge >= 0.3 is 0 Å². The van der Waals surface area contributed by atoms with Gasteiger partial charge in [-0.15, -0.1) is 22.9 Å². The summed E-state index contributed by atoms with van der Waals surface area (Å²) in [6.07, 6.45) is 1.60. The summed E-state index contributed by atoms with van der Waals surface area (Å²) in [6.45, 7) is 4.29. The van der Waals surface area contributed by atoms with E-state index in [0.717, 1.165) is 30.8 Å². The Morgan fingerprint density at radius 1 is 1.40 bits per heavy atom. The summed E-state index contributed by atoms with van der Waals surface area (Å²) in [5.41, 5.74) is 0. The second kappa shape index (κ2) is 6.75. The Bertz CT molecular complexity index is 544. The highest BCUT2D eigenvalue weighted by atomic mass is 35.5. The first-order chi connectivity index (χ1) is 9.45. The Labute approximate surface area is 130 Å². The Morgan fingerprint density at radius 2 is 2.15 bits per heavy atom. The molecule has 2 rings (SSSR count). The lowest BCUT2D eigenvalue weighted by Crippen LogP contribution is -2.41. The first-order valence-corrected chi connectivity index (χ1v) is 9.59. The molecule has 1 atom stereocenters. The van der Waals surface area contributed by atoms with Crippen LogP contribution in [0.4, 0.5) is 0 Å². The van der Waals surface area contributed by atoms with Crippen molar-refractivity contribution in [3.8, 4) is 0 Å². The number of likely N-dealkylation sites (N-methyl/N-ethyl adjacent to an activating group) is 1. The minimum Gasteiger partial charge on any atom is -0.305 e. The van der Waals surface area contributed by atoms with E-state index in [9.17, 15) is 8.42 Å². The number of thiophene rings is 1. The van der Waals surface area contributed by atoms with Gasteiger partial charge in [0.25, 0.3) is 10.0 Å². The van der Waals surface area contributed by atoms with E-state index >= 15 is 0 Å². The fraction of sp³-hybridized carbons (Fsp3) is 0.692. The molecular weight excluding hydrogens is 316 g/mol. The number of sulfonamides is 1. The minimum absolute atomic E-state index is 0.00563. The van der Waals surface area contributed by atoms with E-state index in [1.54, 1.807) is 10.4 Å². The fourth-order valence-corrected chi connectivity index (χ4v) is 6.01. The number of halogens is 1. The van der Waals surface area contributed by atoms with Crippen molar-refractivity contribution in [2.75, 3.05) is 32.6 Å². The lowest BCUT2D eigenvalue weighted by atomic mass is 10.3. The Balaban J connectivity index is 2.23. The maximum atomic E-state index is 12.8. The fourth-order valence-electron chi connectivity index (χ4n) is 2.55. The second-order valence-electron chi connectivity index (χ2n) is 5.24. The molecule has 4 nitrogen and oxygen atoms in total. The van der Waals surface area contributed by atoms with Crippen LogP contribution in [0.5, 0.6) is 0 Å². The van der Waals surface area contributed by atoms with Gasteiger partial charge in [-0.1, -0.05) is 0 Å². The number of hydrogen-bond acceptors (Lipinski definition) is 4. The first kappa shape index (κ1) is 16.2. The third-order valence-electron chi connectivity index (χ3n) is 3.53. The van der Waals surface area contributed by atoms with Crippen molar-refractivity contribution >= 4 is 33.0 Å². The molecule has 0 aliphatic carbocycles. The number of hydrogen-bond donors (Lipinski definition) is 0. The van der Waals surface area contributed by atoms with Gasteiger partial charge in [0.2, 0.25) is 0 Å². The van der Waals surface area contributed by atoms with Crippen LogP contribution in [-0.4, -0.2) is 56.2 Å². The lowest BCUT2D eigenvalue weighted by Gasteiger charge is -2.26. The van der Waals surface area contributed by atoms with Crippen LogP contribution in [0.2, 0.25) is 0 Å². The van der Waals surface area contributed by atoms with Gasteiger partial charge in [-0.05, 0) is 45.5 Å². The van der Waals surface area contributed by atoms with E-state index in [1.165, 1.54) is 11.3 Å². The van der Waals surface area contributed by atoms with E-state index in [-0.39, 0.29) is 6.04 Å². The van der Waals surface area contributed by atoms with Crippen LogP contribution >= 0.6 is 22.9 Å². The molecule has 1 unspecified atom stereocenters. The largest absolute Gasteiger partial charge is 0.305 e. The molecule has 1 saturated heterocycles. The SMILES string of the molecule is CC1CN(C)CCCN1S(=O)(=O)c1ccc(CCCl)s1. The summed E-state index contributed by atoms with van der Waals surface area (Å²) in [4.78, 5) is 3.21. The van der Waals surface area contributed by atoms with E-state index in [2.05, 4.69) is 4.90 Å². The molecular formula is C13H21ClN2O2S2. The zero-order chi connectivity index (χ0) is 14.8. The van der Waals surface area contributed by atoms with Crippen LogP contribution in [0.3, 0.4) is 0 Å². The van der Waals surface area contributed by atoms with Gasteiger partial charge in [-0.3, -0.25) is 0 Å².